The molecule has 0 radical (unpaired) electrons. The molecule has 0 saturated heterocycles. The Bertz CT molecular complexity index is 958. The number of aromatic nitrogens is 1. The van der Waals surface area contributed by atoms with E-state index in [4.69, 9.17) is 11.6 Å². The molecule has 1 heterocycles. The van der Waals surface area contributed by atoms with Gasteiger partial charge < -0.3 is 5.11 Å². The molecule has 0 aliphatic rings. The number of thiazole rings is 1. The zero-order valence-corrected chi connectivity index (χ0v) is 15.4. The molecule has 0 aliphatic carbocycles. The van der Waals surface area contributed by atoms with Gasteiger partial charge in [0.25, 0.3) is 0 Å². The van der Waals surface area contributed by atoms with Crippen LogP contribution in [0.25, 0.3) is 22.9 Å². The van der Waals surface area contributed by atoms with E-state index in [2.05, 4.69) is 27.0 Å². The Morgan fingerprint density at radius 3 is 2.67 bits per heavy atom. The summed E-state index contributed by atoms with van der Waals surface area (Å²) in [5, 5.41) is 22.2. The molecule has 24 heavy (non-hydrogen) atoms. The minimum absolute atomic E-state index is 0.157. The molecule has 6 heteroatoms. The largest absolute Gasteiger partial charge is 0.507 e. The molecule has 3 aromatic rings. The van der Waals surface area contributed by atoms with Gasteiger partial charge in [-0.1, -0.05) is 29.8 Å². The molecule has 0 fully saturated rings. The molecule has 0 unspecified atom stereocenters. The molecule has 0 bridgehead atoms. The molecule has 0 saturated carbocycles. The normalized spacial score (nSPS) is 11.3. The number of halogens is 2. The standard InChI is InChI=1S/C18H10BrClN2OS/c19-15-8-11(1-6-17(15)23)7-13(9-21)18-22-16(10-24-18)12-2-4-14(20)5-3-12/h1-8,10,23H/b13-7-. The summed E-state index contributed by atoms with van der Waals surface area (Å²) in [7, 11) is 0. The van der Waals surface area contributed by atoms with E-state index in [1.807, 2.05) is 29.6 Å². The highest BCUT2D eigenvalue weighted by Crippen LogP contribution is 2.30. The lowest BCUT2D eigenvalue weighted by Crippen LogP contribution is -1.83. The summed E-state index contributed by atoms with van der Waals surface area (Å²) >= 11 is 10.6. The summed E-state index contributed by atoms with van der Waals surface area (Å²) in [5.74, 6) is 0.157. The van der Waals surface area contributed by atoms with Gasteiger partial charge in [0, 0.05) is 16.0 Å². The van der Waals surface area contributed by atoms with Crippen molar-refractivity contribution in [1.82, 2.24) is 4.98 Å². The number of nitrogens with zero attached hydrogens (tertiary/aromatic N) is 2. The van der Waals surface area contributed by atoms with Crippen LogP contribution in [0.4, 0.5) is 0 Å². The molecule has 3 rings (SSSR count). The highest BCUT2D eigenvalue weighted by atomic mass is 79.9. The van der Waals surface area contributed by atoms with Gasteiger partial charge in [-0.2, -0.15) is 5.26 Å². The van der Waals surface area contributed by atoms with E-state index < -0.39 is 0 Å². The van der Waals surface area contributed by atoms with Gasteiger partial charge in [0.2, 0.25) is 0 Å². The molecular formula is C18H10BrClN2OS. The maximum atomic E-state index is 9.55. The molecule has 1 N–H and O–H groups in total. The first-order valence-corrected chi connectivity index (χ1v) is 8.94. The summed E-state index contributed by atoms with van der Waals surface area (Å²) in [6, 6.07) is 14.7. The Morgan fingerprint density at radius 1 is 1.25 bits per heavy atom. The van der Waals surface area contributed by atoms with Crippen LogP contribution in [-0.4, -0.2) is 10.1 Å². The van der Waals surface area contributed by atoms with Crippen molar-refractivity contribution in [3.63, 3.8) is 0 Å². The van der Waals surface area contributed by atoms with E-state index in [-0.39, 0.29) is 5.75 Å². The quantitative estimate of drug-likeness (QED) is 0.532. The predicted molar refractivity (Wildman–Crippen MR) is 102 cm³/mol. The fourth-order valence-electron chi connectivity index (χ4n) is 2.07. The number of phenols is 1. The summed E-state index contributed by atoms with van der Waals surface area (Å²) in [4.78, 5) is 4.54. The lowest BCUT2D eigenvalue weighted by molar-refractivity contribution is 0.472. The highest BCUT2D eigenvalue weighted by Gasteiger charge is 2.09. The van der Waals surface area contributed by atoms with Gasteiger partial charge >= 0.3 is 0 Å². The Balaban J connectivity index is 1.94. The smallest absolute Gasteiger partial charge is 0.134 e. The lowest BCUT2D eigenvalue weighted by Gasteiger charge is -1.99. The number of benzene rings is 2. The average Bonchev–Trinajstić information content (AvgIpc) is 3.06. The van der Waals surface area contributed by atoms with Gasteiger partial charge in [-0.05, 0) is 51.8 Å². The van der Waals surface area contributed by atoms with Crippen LogP contribution >= 0.6 is 38.9 Å². The number of phenolic OH excluding ortho intramolecular Hbond substituents is 1. The molecule has 0 spiro atoms. The number of nitriles is 1. The van der Waals surface area contributed by atoms with Gasteiger partial charge in [-0.3, -0.25) is 0 Å². The van der Waals surface area contributed by atoms with Gasteiger partial charge in [0.15, 0.2) is 0 Å². The number of aromatic hydroxyl groups is 1. The molecule has 118 valence electrons. The van der Waals surface area contributed by atoms with Crippen LogP contribution in [0.3, 0.4) is 0 Å². The summed E-state index contributed by atoms with van der Waals surface area (Å²) in [6.07, 6.45) is 1.74. The van der Waals surface area contributed by atoms with Crippen LogP contribution in [0.15, 0.2) is 52.3 Å². The van der Waals surface area contributed by atoms with E-state index >= 15 is 0 Å². The summed E-state index contributed by atoms with van der Waals surface area (Å²) in [6.45, 7) is 0. The van der Waals surface area contributed by atoms with Crippen molar-refractivity contribution in [2.45, 2.75) is 0 Å². The van der Waals surface area contributed by atoms with Gasteiger partial charge in [-0.15, -0.1) is 11.3 Å². The summed E-state index contributed by atoms with van der Waals surface area (Å²) < 4.78 is 0.578. The monoisotopic (exact) mass is 416 g/mol. The zero-order valence-electron chi connectivity index (χ0n) is 12.2. The van der Waals surface area contributed by atoms with Crippen molar-refractivity contribution in [3.8, 4) is 23.1 Å². The second-order valence-electron chi connectivity index (χ2n) is 4.93. The average molecular weight is 418 g/mol. The second-order valence-corrected chi connectivity index (χ2v) is 7.07. The maximum Gasteiger partial charge on any atom is 0.134 e. The molecule has 2 aromatic carbocycles. The van der Waals surface area contributed by atoms with Crippen LogP contribution in [0.5, 0.6) is 5.75 Å². The Labute approximate surface area is 156 Å². The third kappa shape index (κ3) is 3.68. The van der Waals surface area contributed by atoms with E-state index in [1.54, 1.807) is 24.3 Å². The molecule has 0 aliphatic heterocycles. The lowest BCUT2D eigenvalue weighted by atomic mass is 10.1. The zero-order chi connectivity index (χ0) is 17.1. The van der Waals surface area contributed by atoms with E-state index in [9.17, 15) is 10.4 Å². The van der Waals surface area contributed by atoms with Gasteiger partial charge in [-0.25, -0.2) is 4.98 Å². The van der Waals surface area contributed by atoms with Crippen molar-refractivity contribution < 1.29 is 5.11 Å². The van der Waals surface area contributed by atoms with Crippen LogP contribution in [0.1, 0.15) is 10.6 Å². The molecule has 0 atom stereocenters. The van der Waals surface area contributed by atoms with Crippen LogP contribution in [0, 0.1) is 11.3 Å². The van der Waals surface area contributed by atoms with Crippen LogP contribution in [-0.2, 0) is 0 Å². The van der Waals surface area contributed by atoms with Crippen molar-refractivity contribution in [2.24, 2.45) is 0 Å². The van der Waals surface area contributed by atoms with Crippen molar-refractivity contribution in [3.05, 3.63) is 67.9 Å². The minimum Gasteiger partial charge on any atom is -0.507 e. The predicted octanol–water partition coefficient (Wildman–Crippen LogP) is 6.00. The van der Waals surface area contributed by atoms with Gasteiger partial charge in [0.1, 0.15) is 16.8 Å². The number of rotatable bonds is 3. The Hall–Kier alpha value is -2.13. The fraction of sp³-hybridized carbons (Fsp3) is 0. The van der Waals surface area contributed by atoms with E-state index in [1.165, 1.54) is 11.3 Å². The molecule has 3 nitrogen and oxygen atoms in total. The maximum absolute atomic E-state index is 9.55. The Kier molecular flexibility index (Phi) is 5.00. The minimum atomic E-state index is 0.157. The van der Waals surface area contributed by atoms with Crippen molar-refractivity contribution in [2.75, 3.05) is 0 Å². The topological polar surface area (TPSA) is 56.9 Å². The van der Waals surface area contributed by atoms with Crippen molar-refractivity contribution >= 4 is 50.5 Å². The third-order valence-electron chi connectivity index (χ3n) is 3.28. The first kappa shape index (κ1) is 16.7. The van der Waals surface area contributed by atoms with Crippen LogP contribution < -0.4 is 0 Å². The molecule has 0 amide bonds. The first-order valence-electron chi connectivity index (χ1n) is 6.89. The highest BCUT2D eigenvalue weighted by molar-refractivity contribution is 9.10. The third-order valence-corrected chi connectivity index (χ3v) is 5.04. The SMILES string of the molecule is N#C/C(=C/c1ccc(O)c(Br)c1)c1nc(-c2ccc(Cl)cc2)cs1. The van der Waals surface area contributed by atoms with Crippen molar-refractivity contribution in [1.29, 1.82) is 5.26 Å². The molecular weight excluding hydrogens is 408 g/mol. The number of hydrogen-bond acceptors (Lipinski definition) is 4. The van der Waals surface area contributed by atoms with Gasteiger partial charge in [0.05, 0.1) is 15.7 Å². The number of allylic oxidation sites excluding steroid dienone is 1. The van der Waals surface area contributed by atoms with Crippen LogP contribution in [0.2, 0.25) is 5.02 Å². The second kappa shape index (κ2) is 7.18. The molecule has 1 aromatic heterocycles. The fourth-order valence-corrected chi connectivity index (χ4v) is 3.39. The summed E-state index contributed by atoms with van der Waals surface area (Å²) in [5.41, 5.74) is 3.03. The number of hydrogen-bond donors (Lipinski definition) is 1. The van der Waals surface area contributed by atoms with E-state index in [0.29, 0.717) is 20.1 Å². The Morgan fingerprint density at radius 2 is 2.00 bits per heavy atom. The van der Waals surface area contributed by atoms with E-state index in [0.717, 1.165) is 16.8 Å². The first-order chi connectivity index (χ1) is 11.6.